The van der Waals surface area contributed by atoms with Gasteiger partial charge in [0.05, 0.1) is 11.4 Å². The van der Waals surface area contributed by atoms with E-state index in [0.717, 1.165) is 25.9 Å². The molecule has 4 N–H and O–H groups in total. The Balaban J connectivity index is 2.06. The molecule has 0 fully saturated rings. The van der Waals surface area contributed by atoms with Crippen molar-refractivity contribution in [3.63, 3.8) is 0 Å². The number of carbonyl (C=O) groups is 1. The van der Waals surface area contributed by atoms with E-state index in [2.05, 4.69) is 25.7 Å². The minimum Gasteiger partial charge on any atom is -0.492 e. The molecule has 0 aromatic heterocycles. The van der Waals surface area contributed by atoms with Crippen LogP contribution < -0.4 is 16.2 Å². The van der Waals surface area contributed by atoms with Gasteiger partial charge in [-0.25, -0.2) is 0 Å². The lowest BCUT2D eigenvalue weighted by atomic mass is 10.0. The van der Waals surface area contributed by atoms with Crippen molar-refractivity contribution in [3.8, 4) is 5.75 Å². The van der Waals surface area contributed by atoms with Crippen molar-refractivity contribution in [2.24, 2.45) is 0 Å². The fourth-order valence-electron chi connectivity index (χ4n) is 3.06. The molecule has 0 saturated heterocycles. The summed E-state index contributed by atoms with van der Waals surface area (Å²) in [6, 6.07) is 12.6. The quantitative estimate of drug-likeness (QED) is 0.489. The summed E-state index contributed by atoms with van der Waals surface area (Å²) in [7, 11) is 0. The number of nitrogens with zero attached hydrogens (tertiary/aromatic N) is 1. The molecule has 2 aromatic carbocycles. The van der Waals surface area contributed by atoms with E-state index in [0.29, 0.717) is 40.9 Å². The zero-order valence-electron chi connectivity index (χ0n) is 16.6. The Morgan fingerprint density at radius 1 is 1.00 bits per heavy atom. The number of nitrogen functional groups attached to an aromatic ring is 2. The monoisotopic (exact) mass is 369 g/mol. The lowest BCUT2D eigenvalue weighted by Gasteiger charge is -2.28. The third kappa shape index (κ3) is 5.73. The van der Waals surface area contributed by atoms with Crippen molar-refractivity contribution in [2.45, 2.75) is 39.7 Å². The highest BCUT2D eigenvalue weighted by atomic mass is 16.5. The largest absolute Gasteiger partial charge is 0.492 e. The van der Waals surface area contributed by atoms with Crippen molar-refractivity contribution in [1.82, 2.24) is 4.90 Å². The first kappa shape index (κ1) is 20.8. The minimum atomic E-state index is -0.0983. The van der Waals surface area contributed by atoms with E-state index in [4.69, 9.17) is 16.2 Å². The first-order valence-corrected chi connectivity index (χ1v) is 9.62. The minimum absolute atomic E-state index is 0.0983. The molecule has 2 aromatic rings. The van der Waals surface area contributed by atoms with Crippen LogP contribution in [0.5, 0.6) is 5.75 Å². The highest BCUT2D eigenvalue weighted by Gasteiger charge is 2.14. The first-order valence-electron chi connectivity index (χ1n) is 9.62. The highest BCUT2D eigenvalue weighted by Crippen LogP contribution is 2.21. The van der Waals surface area contributed by atoms with Gasteiger partial charge in [0.25, 0.3) is 0 Å². The molecule has 0 bridgehead atoms. The van der Waals surface area contributed by atoms with Crippen LogP contribution in [0.25, 0.3) is 0 Å². The molecule has 1 unspecified atom stereocenters. The number of anilines is 2. The third-order valence-corrected chi connectivity index (χ3v) is 4.58. The lowest BCUT2D eigenvalue weighted by Crippen LogP contribution is -2.38. The smallest absolute Gasteiger partial charge is 0.193 e. The van der Waals surface area contributed by atoms with E-state index in [1.165, 1.54) is 0 Å². The summed E-state index contributed by atoms with van der Waals surface area (Å²) in [6.07, 6.45) is 2.25. The van der Waals surface area contributed by atoms with Crippen LogP contribution in [-0.4, -0.2) is 36.4 Å². The highest BCUT2D eigenvalue weighted by molar-refractivity contribution is 6.10. The molecular formula is C22H31N3O2. The Morgan fingerprint density at radius 3 is 2.30 bits per heavy atom. The zero-order valence-corrected chi connectivity index (χ0v) is 16.6. The zero-order chi connectivity index (χ0) is 19.8. The van der Waals surface area contributed by atoms with Crippen LogP contribution in [0, 0.1) is 0 Å². The number of rotatable bonds is 10. The van der Waals surface area contributed by atoms with E-state index < -0.39 is 0 Å². The predicted octanol–water partition coefficient (Wildman–Crippen LogP) is 3.97. The summed E-state index contributed by atoms with van der Waals surface area (Å²) in [5.41, 5.74) is 13.5. The molecule has 0 amide bonds. The van der Waals surface area contributed by atoms with Gasteiger partial charge in [0, 0.05) is 17.2 Å². The molecule has 5 heteroatoms. The number of hydrogen-bond acceptors (Lipinski definition) is 5. The van der Waals surface area contributed by atoms with Crippen molar-refractivity contribution in [1.29, 1.82) is 0 Å². The van der Waals surface area contributed by atoms with Crippen LogP contribution in [0.1, 0.15) is 49.5 Å². The fourth-order valence-corrected chi connectivity index (χ4v) is 3.06. The fraction of sp³-hybridized carbons (Fsp3) is 0.409. The second kappa shape index (κ2) is 9.97. The molecular weight excluding hydrogens is 338 g/mol. The molecule has 0 aliphatic carbocycles. The molecule has 0 spiro atoms. The molecule has 5 nitrogen and oxygen atoms in total. The SMILES string of the molecule is CCCN(CCC)C(C)COc1cccc(C(=O)c2ccc(N)c(N)c2)c1. The van der Waals surface area contributed by atoms with Crippen molar-refractivity contribution < 1.29 is 9.53 Å². The Morgan fingerprint density at radius 2 is 1.67 bits per heavy atom. The first-order chi connectivity index (χ1) is 13.0. The maximum absolute atomic E-state index is 12.7. The molecule has 0 radical (unpaired) electrons. The van der Waals surface area contributed by atoms with E-state index in [-0.39, 0.29) is 5.78 Å². The average molecular weight is 370 g/mol. The van der Waals surface area contributed by atoms with Gasteiger partial charge in [0.15, 0.2) is 5.78 Å². The normalized spacial score (nSPS) is 12.1. The summed E-state index contributed by atoms with van der Waals surface area (Å²) >= 11 is 0. The molecule has 146 valence electrons. The molecule has 0 saturated carbocycles. The summed E-state index contributed by atoms with van der Waals surface area (Å²) in [5, 5.41) is 0. The van der Waals surface area contributed by atoms with Crippen LogP contribution in [-0.2, 0) is 0 Å². The molecule has 0 aliphatic rings. The van der Waals surface area contributed by atoms with Crippen LogP contribution in [0.3, 0.4) is 0 Å². The lowest BCUT2D eigenvalue weighted by molar-refractivity contribution is 0.103. The number of hydrogen-bond donors (Lipinski definition) is 2. The van der Waals surface area contributed by atoms with Gasteiger partial charge >= 0.3 is 0 Å². The summed E-state index contributed by atoms with van der Waals surface area (Å²) in [5.74, 6) is 0.600. The standard InChI is InChI=1S/C22H31N3O2/c1-4-11-25(12-5-2)16(3)15-27-19-8-6-7-17(13-19)22(26)18-9-10-20(23)21(24)14-18/h6-10,13-14,16H,4-5,11-12,15,23-24H2,1-3H3. The molecule has 27 heavy (non-hydrogen) atoms. The Labute approximate surface area is 162 Å². The summed E-state index contributed by atoms with van der Waals surface area (Å²) in [4.78, 5) is 15.2. The van der Waals surface area contributed by atoms with Gasteiger partial charge in [-0.2, -0.15) is 0 Å². The van der Waals surface area contributed by atoms with E-state index in [9.17, 15) is 4.79 Å². The number of carbonyl (C=O) groups excluding carboxylic acids is 1. The van der Waals surface area contributed by atoms with Gasteiger partial charge in [0.1, 0.15) is 12.4 Å². The number of benzene rings is 2. The van der Waals surface area contributed by atoms with Crippen molar-refractivity contribution >= 4 is 17.2 Å². The average Bonchev–Trinajstić information content (AvgIpc) is 2.67. The maximum atomic E-state index is 12.7. The van der Waals surface area contributed by atoms with Gasteiger partial charge in [-0.1, -0.05) is 26.0 Å². The Kier molecular flexibility index (Phi) is 7.67. The van der Waals surface area contributed by atoms with Crippen LogP contribution >= 0.6 is 0 Å². The second-order valence-corrected chi connectivity index (χ2v) is 6.90. The van der Waals surface area contributed by atoms with Gasteiger partial charge in [0.2, 0.25) is 0 Å². The maximum Gasteiger partial charge on any atom is 0.193 e. The van der Waals surface area contributed by atoms with E-state index in [1.54, 1.807) is 30.3 Å². The molecule has 2 rings (SSSR count). The van der Waals surface area contributed by atoms with Crippen molar-refractivity contribution in [3.05, 3.63) is 53.6 Å². The second-order valence-electron chi connectivity index (χ2n) is 6.90. The summed E-state index contributed by atoms with van der Waals surface area (Å²) < 4.78 is 5.97. The van der Waals surface area contributed by atoms with Gasteiger partial charge in [-0.15, -0.1) is 0 Å². The molecule has 0 aliphatic heterocycles. The predicted molar refractivity (Wildman–Crippen MR) is 112 cm³/mol. The number of nitrogens with two attached hydrogens (primary N) is 2. The molecule has 1 atom stereocenters. The van der Waals surface area contributed by atoms with Crippen LogP contribution in [0.15, 0.2) is 42.5 Å². The Hall–Kier alpha value is -2.53. The van der Waals surface area contributed by atoms with Gasteiger partial charge in [-0.05, 0) is 63.2 Å². The summed E-state index contributed by atoms with van der Waals surface area (Å²) in [6.45, 7) is 9.28. The van der Waals surface area contributed by atoms with E-state index in [1.807, 2.05) is 12.1 Å². The van der Waals surface area contributed by atoms with Gasteiger partial charge < -0.3 is 16.2 Å². The molecule has 0 heterocycles. The topological polar surface area (TPSA) is 81.6 Å². The third-order valence-electron chi connectivity index (χ3n) is 4.58. The van der Waals surface area contributed by atoms with Crippen LogP contribution in [0.4, 0.5) is 11.4 Å². The number of ether oxygens (including phenoxy) is 1. The van der Waals surface area contributed by atoms with Crippen molar-refractivity contribution in [2.75, 3.05) is 31.2 Å². The number of ketones is 1. The van der Waals surface area contributed by atoms with Crippen LogP contribution in [0.2, 0.25) is 0 Å². The van der Waals surface area contributed by atoms with Gasteiger partial charge in [-0.3, -0.25) is 9.69 Å². The van der Waals surface area contributed by atoms with E-state index >= 15 is 0 Å². The Bertz CT molecular complexity index is 755.